The quantitative estimate of drug-likeness (QED) is 0.139. The van der Waals surface area contributed by atoms with Crippen LogP contribution in [0.4, 0.5) is 41.3 Å². The highest BCUT2D eigenvalue weighted by molar-refractivity contribution is 5.98. The Morgan fingerprint density at radius 2 is 1.84 bits per heavy atom. The Morgan fingerprint density at radius 3 is 2.51 bits per heavy atom. The number of anilines is 1. The number of nitrogens with two attached hydrogens (primary N) is 1. The molecule has 0 saturated heterocycles. The Morgan fingerprint density at radius 1 is 1.12 bits per heavy atom. The normalized spacial score (nSPS) is 14.7. The van der Waals surface area contributed by atoms with Crippen LogP contribution in [0.15, 0.2) is 53.1 Å². The number of para-hydroxylation sites is 1. The number of aliphatic hydroxyl groups is 1. The number of carbonyl (C=O) groups excluding carboxylic acids is 1. The third-order valence-electron chi connectivity index (χ3n) is 7.71. The molecule has 0 spiro atoms. The number of nitrogens with one attached hydrogen (secondary N) is 1. The number of rotatable bonds is 5. The number of alkyl halides is 5. The molecule has 49 heavy (non-hydrogen) atoms. The number of hydrogen-bond donors (Lipinski definition) is 3. The van der Waals surface area contributed by atoms with Crippen LogP contribution in [0.3, 0.4) is 0 Å². The van der Waals surface area contributed by atoms with E-state index in [2.05, 4.69) is 32.4 Å². The van der Waals surface area contributed by atoms with Gasteiger partial charge in [-0.2, -0.15) is 31.7 Å². The molecule has 0 saturated carbocycles. The number of pyridine rings is 1. The van der Waals surface area contributed by atoms with Crippen LogP contribution in [0, 0.1) is 23.5 Å². The second-order valence-corrected chi connectivity index (χ2v) is 12.0. The van der Waals surface area contributed by atoms with Gasteiger partial charge in [-0.25, -0.2) is 18.6 Å². The van der Waals surface area contributed by atoms with E-state index in [1.807, 2.05) is 0 Å². The summed E-state index contributed by atoms with van der Waals surface area (Å²) in [6.07, 6.45) is -7.23. The first-order valence-electron chi connectivity index (χ1n) is 14.7. The average molecular weight is 687 g/mol. The largest absolute Gasteiger partial charge is 0.435 e. The van der Waals surface area contributed by atoms with Crippen LogP contribution in [0.5, 0.6) is 0 Å². The van der Waals surface area contributed by atoms with Gasteiger partial charge in [0.15, 0.2) is 17.1 Å². The summed E-state index contributed by atoms with van der Waals surface area (Å²) >= 11 is 0. The van der Waals surface area contributed by atoms with E-state index in [1.165, 1.54) is 26.0 Å². The van der Waals surface area contributed by atoms with E-state index in [9.17, 15) is 40.6 Å². The van der Waals surface area contributed by atoms with Gasteiger partial charge in [0, 0.05) is 29.2 Å². The lowest BCUT2D eigenvalue weighted by Crippen LogP contribution is -2.37. The van der Waals surface area contributed by atoms with E-state index in [0.717, 1.165) is 12.1 Å². The number of halogens is 7. The van der Waals surface area contributed by atoms with Gasteiger partial charge >= 0.3 is 12.2 Å². The van der Waals surface area contributed by atoms with Crippen molar-refractivity contribution in [3.8, 4) is 23.0 Å². The Kier molecular flexibility index (Phi) is 8.14. The van der Waals surface area contributed by atoms with Crippen LogP contribution in [0.1, 0.15) is 60.2 Å². The minimum Gasteiger partial charge on any atom is -0.380 e. The summed E-state index contributed by atoms with van der Waals surface area (Å²) < 4.78 is 106. The monoisotopic (exact) mass is 686 g/mol. The lowest BCUT2D eigenvalue weighted by atomic mass is 9.94. The smallest absolute Gasteiger partial charge is 0.380 e. The maximum absolute atomic E-state index is 15.0. The summed E-state index contributed by atoms with van der Waals surface area (Å²) in [6.45, 7) is 2.83. The number of benzene rings is 2. The van der Waals surface area contributed by atoms with Gasteiger partial charge in [-0.15, -0.1) is 0 Å². The maximum atomic E-state index is 15.0. The number of amides is 1. The summed E-state index contributed by atoms with van der Waals surface area (Å²) in [5.74, 6) is -0.434. The van der Waals surface area contributed by atoms with Crippen LogP contribution >= 0.6 is 0 Å². The first-order chi connectivity index (χ1) is 22.9. The Labute approximate surface area is 272 Å². The summed E-state index contributed by atoms with van der Waals surface area (Å²) in [5, 5.41) is 20.0. The lowest BCUT2D eigenvalue weighted by Gasteiger charge is -2.23. The van der Waals surface area contributed by atoms with Gasteiger partial charge < -0.3 is 20.7 Å². The van der Waals surface area contributed by atoms with Crippen molar-refractivity contribution in [2.75, 3.05) is 5.73 Å². The van der Waals surface area contributed by atoms with E-state index < -0.39 is 77.6 Å². The summed E-state index contributed by atoms with van der Waals surface area (Å²) in [7, 11) is 0. The van der Waals surface area contributed by atoms with Crippen LogP contribution in [0.2, 0.25) is 0 Å². The minimum absolute atomic E-state index is 0.0280. The fourth-order valence-electron chi connectivity index (χ4n) is 5.68. The third kappa shape index (κ3) is 6.66. The highest BCUT2D eigenvalue weighted by Gasteiger charge is 2.51. The van der Waals surface area contributed by atoms with Crippen molar-refractivity contribution < 1.29 is 45.2 Å². The number of nitrogen functional groups attached to an aromatic ring is 1. The Balaban J connectivity index is 1.55. The van der Waals surface area contributed by atoms with Crippen molar-refractivity contribution in [2.45, 2.75) is 56.9 Å². The molecule has 0 fully saturated rings. The molecule has 1 aliphatic carbocycles. The van der Waals surface area contributed by atoms with Gasteiger partial charge in [0.1, 0.15) is 28.6 Å². The molecule has 9 nitrogen and oxygen atoms in total. The lowest BCUT2D eigenvalue weighted by molar-refractivity contribution is -0.142. The fourth-order valence-corrected chi connectivity index (χ4v) is 5.68. The molecule has 5 aromatic rings. The molecule has 1 atom stereocenters. The van der Waals surface area contributed by atoms with Crippen LogP contribution in [0.25, 0.3) is 22.1 Å². The number of aromatic nitrogens is 4. The van der Waals surface area contributed by atoms with Crippen molar-refractivity contribution in [3.05, 3.63) is 94.1 Å². The second-order valence-electron chi connectivity index (χ2n) is 12.0. The van der Waals surface area contributed by atoms with Gasteiger partial charge in [-0.3, -0.25) is 0 Å². The third-order valence-corrected chi connectivity index (χ3v) is 7.71. The number of fused-ring (bicyclic) bond motifs is 2. The molecule has 3 heterocycles. The summed E-state index contributed by atoms with van der Waals surface area (Å²) in [5.41, 5.74) is 1.51. The molecule has 2 aromatic carbocycles. The van der Waals surface area contributed by atoms with Gasteiger partial charge in [0.2, 0.25) is 0 Å². The molecular weight excluding hydrogens is 661 g/mol. The molecular formula is C33H25F7N6O3. The number of hydrogen-bond acceptors (Lipinski definition) is 7. The molecule has 0 bridgehead atoms. The van der Waals surface area contributed by atoms with E-state index >= 15 is 0 Å². The highest BCUT2D eigenvalue weighted by Crippen LogP contribution is 2.46. The van der Waals surface area contributed by atoms with E-state index in [-0.39, 0.29) is 38.6 Å². The zero-order chi connectivity index (χ0) is 35.5. The van der Waals surface area contributed by atoms with E-state index in [4.69, 9.17) is 10.3 Å². The predicted octanol–water partition coefficient (Wildman–Crippen LogP) is 6.67. The van der Waals surface area contributed by atoms with Crippen molar-refractivity contribution >= 4 is 22.8 Å². The van der Waals surface area contributed by atoms with E-state index in [1.54, 1.807) is 18.2 Å². The fraction of sp³-hybridized carbons (Fsp3) is 0.273. The SMILES string of the molecule is CC(C)(O)C#Cc1ccc(-c2cccc3c(N)noc23)c(C(Cc2cc(F)cc(F)c2)NC(=O)n2nc(C(F)(F)F)c3c2C(F)(F)CC3)n1. The highest BCUT2D eigenvalue weighted by atomic mass is 19.4. The molecule has 1 amide bonds. The standard InChI is InChI=1S/C33H25F7N6O3/c1-31(2,48)10-8-19-6-7-20(21-4-3-5-22-26(21)49-45-29(22)41)25(42-19)24(14-16-12-17(34)15-18(35)13-16)43-30(47)46-28-23(9-11-32(28,36)37)27(44-46)33(38,39)40/h3-7,12-13,15,24,48H,9,11,14H2,1-2H3,(H2,41,45)(H,43,47). The minimum atomic E-state index is -5.14. The number of nitrogens with zero attached hydrogens (tertiary/aromatic N) is 4. The number of carbonyl (C=O) groups is 1. The first kappa shape index (κ1) is 33.5. The summed E-state index contributed by atoms with van der Waals surface area (Å²) in [6, 6.07) is 7.37. The van der Waals surface area contributed by atoms with Crippen LogP contribution in [-0.2, 0) is 24.9 Å². The maximum Gasteiger partial charge on any atom is 0.435 e. The van der Waals surface area contributed by atoms with Crippen molar-refractivity contribution in [1.29, 1.82) is 0 Å². The van der Waals surface area contributed by atoms with Crippen LogP contribution in [-0.4, -0.2) is 36.7 Å². The zero-order valence-electron chi connectivity index (χ0n) is 25.6. The van der Waals surface area contributed by atoms with Crippen molar-refractivity contribution in [2.24, 2.45) is 0 Å². The predicted molar refractivity (Wildman–Crippen MR) is 161 cm³/mol. The van der Waals surface area contributed by atoms with Gasteiger partial charge in [0.25, 0.3) is 5.92 Å². The molecule has 254 valence electrons. The molecule has 3 aromatic heterocycles. The Hall–Kier alpha value is -5.43. The average Bonchev–Trinajstić information content (AvgIpc) is 3.68. The van der Waals surface area contributed by atoms with Gasteiger partial charge in [0.05, 0.1) is 17.1 Å². The summed E-state index contributed by atoms with van der Waals surface area (Å²) in [4.78, 5) is 18.3. The second kappa shape index (κ2) is 11.9. The van der Waals surface area contributed by atoms with Crippen molar-refractivity contribution in [1.82, 2.24) is 25.2 Å². The molecule has 1 aliphatic rings. The molecule has 0 radical (unpaired) electrons. The molecule has 16 heteroatoms. The van der Waals surface area contributed by atoms with Gasteiger partial charge in [-0.05, 0) is 68.5 Å². The van der Waals surface area contributed by atoms with Crippen LogP contribution < -0.4 is 11.1 Å². The Bertz CT molecular complexity index is 2150. The first-order valence-corrected chi connectivity index (χ1v) is 14.7. The zero-order valence-corrected chi connectivity index (χ0v) is 25.6. The molecule has 6 rings (SSSR count). The molecule has 0 aliphatic heterocycles. The van der Waals surface area contributed by atoms with Crippen molar-refractivity contribution in [3.63, 3.8) is 0 Å². The van der Waals surface area contributed by atoms with E-state index in [0.29, 0.717) is 17.0 Å². The molecule has 4 N–H and O–H groups in total. The molecule has 1 unspecified atom stereocenters. The topological polar surface area (TPSA) is 132 Å². The van der Waals surface area contributed by atoms with Gasteiger partial charge in [-0.1, -0.05) is 23.2 Å².